The van der Waals surface area contributed by atoms with Gasteiger partial charge < -0.3 is 0 Å². The molecule has 0 aromatic heterocycles. The van der Waals surface area contributed by atoms with Gasteiger partial charge in [-0.15, -0.1) is 0 Å². The maximum absolute atomic E-state index is 2.46. The van der Waals surface area contributed by atoms with Crippen molar-refractivity contribution in [2.75, 3.05) is 0 Å². The van der Waals surface area contributed by atoms with E-state index in [9.17, 15) is 0 Å². The molecule has 2 rings (SSSR count). The normalized spacial score (nSPS) is 28.1. The number of hydrogen-bond acceptors (Lipinski definition) is 0. The van der Waals surface area contributed by atoms with Gasteiger partial charge in [-0.05, 0) is 37.0 Å². The van der Waals surface area contributed by atoms with Gasteiger partial charge in [-0.1, -0.05) is 64.0 Å². The van der Waals surface area contributed by atoms with E-state index in [1.54, 1.807) is 0 Å². The second-order valence-corrected chi connectivity index (χ2v) is 5.72. The monoisotopic (exact) mass is 219 g/mol. The molecular formula is C16H27. The van der Waals surface area contributed by atoms with E-state index in [2.05, 4.69) is 19.1 Å². The molecule has 1 saturated carbocycles. The van der Waals surface area contributed by atoms with Gasteiger partial charge in [-0.2, -0.15) is 0 Å². The van der Waals surface area contributed by atoms with Crippen LogP contribution in [0.1, 0.15) is 71.1 Å². The molecule has 1 radical (unpaired) electrons. The number of rotatable bonds is 8. The Kier molecular flexibility index (Phi) is 4.93. The minimum Gasteiger partial charge on any atom is -0.0851 e. The van der Waals surface area contributed by atoms with Crippen LogP contribution in [0, 0.1) is 17.8 Å². The highest BCUT2D eigenvalue weighted by Crippen LogP contribution is 2.46. The molecule has 0 N–H and O–H groups in total. The molecule has 1 fully saturated rings. The van der Waals surface area contributed by atoms with Crippen LogP contribution in [-0.4, -0.2) is 0 Å². The van der Waals surface area contributed by atoms with Crippen LogP contribution in [0.5, 0.6) is 0 Å². The summed E-state index contributed by atoms with van der Waals surface area (Å²) in [5.74, 6) is 3.70. The Hall–Kier alpha value is -0.260. The Morgan fingerprint density at radius 1 is 1.00 bits per heavy atom. The van der Waals surface area contributed by atoms with E-state index in [1.165, 1.54) is 64.2 Å². The average molecular weight is 219 g/mol. The molecule has 0 aromatic rings. The van der Waals surface area contributed by atoms with Gasteiger partial charge in [0.2, 0.25) is 0 Å². The molecule has 0 aromatic carbocycles. The van der Waals surface area contributed by atoms with Gasteiger partial charge in [-0.3, -0.25) is 0 Å². The van der Waals surface area contributed by atoms with Crippen molar-refractivity contribution in [1.82, 2.24) is 0 Å². The molecule has 16 heavy (non-hydrogen) atoms. The van der Waals surface area contributed by atoms with Crippen LogP contribution >= 0.6 is 0 Å². The average Bonchev–Trinajstić information content (AvgIpc) is 2.90. The van der Waals surface area contributed by atoms with E-state index in [1.807, 2.05) is 5.92 Å². The van der Waals surface area contributed by atoms with Gasteiger partial charge in [0, 0.05) is 0 Å². The highest BCUT2D eigenvalue weighted by molar-refractivity contribution is 5.21. The van der Waals surface area contributed by atoms with E-state index < -0.39 is 0 Å². The number of fused-ring (bicyclic) bond motifs is 2. The molecule has 2 aliphatic rings. The summed E-state index contributed by atoms with van der Waals surface area (Å²) in [6.45, 7) is 2.29. The molecule has 0 spiro atoms. The zero-order valence-electron chi connectivity index (χ0n) is 10.9. The van der Waals surface area contributed by atoms with Crippen molar-refractivity contribution < 1.29 is 0 Å². The molecular weight excluding hydrogens is 192 g/mol. The van der Waals surface area contributed by atoms with E-state index in [0.29, 0.717) is 0 Å². The van der Waals surface area contributed by atoms with Crippen molar-refractivity contribution >= 4 is 0 Å². The summed E-state index contributed by atoms with van der Waals surface area (Å²) < 4.78 is 0. The highest BCUT2D eigenvalue weighted by Gasteiger charge is 2.35. The lowest BCUT2D eigenvalue weighted by atomic mass is 9.88. The van der Waals surface area contributed by atoms with Gasteiger partial charge in [-0.25, -0.2) is 0 Å². The lowest BCUT2D eigenvalue weighted by molar-refractivity contribution is 0.555. The first-order valence-corrected chi connectivity index (χ1v) is 7.43. The lowest BCUT2D eigenvalue weighted by Gasteiger charge is -2.16. The van der Waals surface area contributed by atoms with Gasteiger partial charge in [0.15, 0.2) is 0 Å². The van der Waals surface area contributed by atoms with Crippen molar-refractivity contribution in [2.24, 2.45) is 11.8 Å². The zero-order chi connectivity index (χ0) is 11.2. The molecule has 0 heterocycles. The standard InChI is InChI=1S/C16H27/c1-2-3-4-5-6-7-8-9-15-12-14-10-11-16(15)13-14/h10-11,14,16H,2-9,12-13H2,1H3. The molecule has 91 valence electrons. The zero-order valence-corrected chi connectivity index (χ0v) is 10.9. The minimum atomic E-state index is 0.894. The fourth-order valence-electron chi connectivity index (χ4n) is 3.31. The largest absolute Gasteiger partial charge is 0.0851 e. The Bertz CT molecular complexity index is 216. The molecule has 0 nitrogen and oxygen atoms in total. The van der Waals surface area contributed by atoms with Crippen molar-refractivity contribution in [3.8, 4) is 0 Å². The van der Waals surface area contributed by atoms with E-state index in [0.717, 1.165) is 11.8 Å². The maximum atomic E-state index is 2.46. The number of unbranched alkanes of at least 4 members (excludes halogenated alkanes) is 6. The molecule has 2 atom stereocenters. The van der Waals surface area contributed by atoms with Crippen LogP contribution in [0.25, 0.3) is 0 Å². The first-order chi connectivity index (χ1) is 7.90. The quantitative estimate of drug-likeness (QED) is 0.384. The molecule has 2 aliphatic carbocycles. The fourth-order valence-corrected chi connectivity index (χ4v) is 3.31. The van der Waals surface area contributed by atoms with E-state index in [-0.39, 0.29) is 0 Å². The SMILES string of the molecule is CCCCCCCCC[C]1CC2C=CC1C2. The third kappa shape index (κ3) is 3.37. The van der Waals surface area contributed by atoms with Gasteiger partial charge in [0.1, 0.15) is 0 Å². The molecule has 0 aliphatic heterocycles. The van der Waals surface area contributed by atoms with Crippen LogP contribution in [0.15, 0.2) is 12.2 Å². The minimum absolute atomic E-state index is 0.894. The first-order valence-electron chi connectivity index (χ1n) is 7.43. The Labute approximate surface area is 102 Å². The predicted molar refractivity (Wildman–Crippen MR) is 71.2 cm³/mol. The molecule has 0 heteroatoms. The smallest absolute Gasteiger partial charge is 0.0165 e. The Morgan fingerprint density at radius 3 is 2.38 bits per heavy atom. The summed E-state index contributed by atoms with van der Waals surface area (Å²) in [6, 6.07) is 0. The van der Waals surface area contributed by atoms with Crippen LogP contribution in [0.3, 0.4) is 0 Å². The summed E-state index contributed by atoms with van der Waals surface area (Å²) >= 11 is 0. The Morgan fingerprint density at radius 2 is 1.75 bits per heavy atom. The summed E-state index contributed by atoms with van der Waals surface area (Å²) in [7, 11) is 0. The third-order valence-electron chi connectivity index (χ3n) is 4.32. The molecule has 2 bridgehead atoms. The highest BCUT2D eigenvalue weighted by atomic mass is 14.4. The topological polar surface area (TPSA) is 0 Å². The maximum Gasteiger partial charge on any atom is -0.0165 e. The third-order valence-corrected chi connectivity index (χ3v) is 4.32. The Balaban J connectivity index is 1.45. The fraction of sp³-hybridized carbons (Fsp3) is 0.812. The first kappa shape index (κ1) is 12.2. The summed E-state index contributed by atoms with van der Waals surface area (Å²) in [5, 5.41) is 0. The molecule has 2 unspecified atom stereocenters. The van der Waals surface area contributed by atoms with E-state index >= 15 is 0 Å². The van der Waals surface area contributed by atoms with Crippen LogP contribution < -0.4 is 0 Å². The van der Waals surface area contributed by atoms with Crippen LogP contribution in [-0.2, 0) is 0 Å². The summed E-state index contributed by atoms with van der Waals surface area (Å²) in [5.41, 5.74) is 0. The predicted octanol–water partition coefficient (Wildman–Crippen LogP) is 5.30. The number of allylic oxidation sites excluding steroid dienone is 2. The van der Waals surface area contributed by atoms with Gasteiger partial charge in [0.25, 0.3) is 0 Å². The van der Waals surface area contributed by atoms with Gasteiger partial charge in [0.05, 0.1) is 0 Å². The summed E-state index contributed by atoms with van der Waals surface area (Å²) in [6.07, 6.45) is 19.3. The van der Waals surface area contributed by atoms with E-state index in [4.69, 9.17) is 0 Å². The summed E-state index contributed by atoms with van der Waals surface area (Å²) in [4.78, 5) is 0. The molecule has 0 saturated heterocycles. The van der Waals surface area contributed by atoms with Crippen LogP contribution in [0.4, 0.5) is 0 Å². The second kappa shape index (κ2) is 6.47. The molecule has 0 amide bonds. The lowest BCUT2D eigenvalue weighted by Crippen LogP contribution is -2.03. The van der Waals surface area contributed by atoms with Crippen molar-refractivity contribution in [3.05, 3.63) is 18.1 Å². The van der Waals surface area contributed by atoms with Crippen molar-refractivity contribution in [2.45, 2.75) is 71.1 Å². The van der Waals surface area contributed by atoms with Gasteiger partial charge >= 0.3 is 0 Å². The van der Waals surface area contributed by atoms with Crippen LogP contribution in [0.2, 0.25) is 0 Å². The second-order valence-electron chi connectivity index (χ2n) is 5.72. The van der Waals surface area contributed by atoms with Crippen molar-refractivity contribution in [1.29, 1.82) is 0 Å². The van der Waals surface area contributed by atoms with Crippen molar-refractivity contribution in [3.63, 3.8) is 0 Å². The number of hydrogen-bond donors (Lipinski definition) is 0.